The van der Waals surface area contributed by atoms with E-state index in [9.17, 15) is 4.21 Å². The zero-order chi connectivity index (χ0) is 22.4. The Morgan fingerprint density at radius 1 is 1.09 bits per heavy atom. The van der Waals surface area contributed by atoms with Gasteiger partial charge in [0, 0.05) is 49.0 Å². The van der Waals surface area contributed by atoms with E-state index >= 15 is 4.39 Å². The van der Waals surface area contributed by atoms with Gasteiger partial charge in [-0.05, 0) is 30.3 Å². The van der Waals surface area contributed by atoms with E-state index in [2.05, 4.69) is 46.1 Å². The average Bonchev–Trinajstić information content (AvgIpc) is 3.14. The Hall–Kier alpha value is -2.49. The fraction of sp³-hybridized carbons (Fsp3) is 0.348. The molecule has 5 rings (SSSR count). The Morgan fingerprint density at radius 3 is 2.50 bits per heavy atom. The van der Waals surface area contributed by atoms with Gasteiger partial charge in [-0.2, -0.15) is 0 Å². The van der Waals surface area contributed by atoms with Gasteiger partial charge in [0.05, 0.1) is 10.6 Å². The second-order valence-electron chi connectivity index (χ2n) is 8.29. The molecule has 2 aliphatic heterocycles. The van der Waals surface area contributed by atoms with Gasteiger partial charge in [0.1, 0.15) is 22.8 Å². The Balaban J connectivity index is 1.49. The molecule has 3 heterocycles. The molecular formula is C23H26FN5OS2. The van der Waals surface area contributed by atoms with E-state index in [-0.39, 0.29) is 17.5 Å². The number of thiophene rings is 1. The molecule has 0 amide bonds. The predicted molar refractivity (Wildman–Crippen MR) is 132 cm³/mol. The normalized spacial score (nSPS) is 22.4. The second kappa shape index (κ2) is 8.46. The molecule has 0 bridgehead atoms. The third-order valence-corrected chi connectivity index (χ3v) is 8.96. The van der Waals surface area contributed by atoms with Crippen LogP contribution in [0.5, 0.6) is 0 Å². The van der Waals surface area contributed by atoms with E-state index < -0.39 is 17.0 Å². The fourth-order valence-electron chi connectivity index (χ4n) is 4.23. The van der Waals surface area contributed by atoms with Gasteiger partial charge in [0.25, 0.3) is 0 Å². The zero-order valence-corrected chi connectivity index (χ0v) is 19.8. The molecule has 2 atom stereocenters. The molecule has 2 aromatic carbocycles. The summed E-state index contributed by atoms with van der Waals surface area (Å²) in [6.07, 6.45) is 0. The van der Waals surface area contributed by atoms with Gasteiger partial charge in [0.2, 0.25) is 5.96 Å². The standard InChI is InChI=1S/C23H26FN5OS2/c1-27-10-12-29(13-11-27)16-8-6-15(7-9-16)17-4-3-5-18-20(24)22(31-21(17)18)19-14-32(30)28(2)23(25)26-19/h3-9,19H,10-14H2,1-2H3,(H2,25,26). The van der Waals surface area contributed by atoms with Crippen LogP contribution in [0.25, 0.3) is 21.2 Å². The van der Waals surface area contributed by atoms with Gasteiger partial charge in [0.15, 0.2) is 0 Å². The van der Waals surface area contributed by atoms with Crippen molar-refractivity contribution >= 4 is 44.1 Å². The SMILES string of the molecule is CN1CCN(c2ccc(-c3cccc4c(F)c(C5CS(=O)N(C)C(N)=N5)sc34)cc2)CC1. The molecule has 0 radical (unpaired) electrons. The highest BCUT2D eigenvalue weighted by Crippen LogP contribution is 2.41. The number of rotatable bonds is 3. The van der Waals surface area contributed by atoms with Crippen LogP contribution in [0, 0.1) is 5.82 Å². The average molecular weight is 472 g/mol. The van der Waals surface area contributed by atoms with Crippen LogP contribution in [-0.4, -0.2) is 65.4 Å². The Kier molecular flexibility index (Phi) is 5.65. The monoisotopic (exact) mass is 471 g/mol. The Labute approximate surface area is 193 Å². The largest absolute Gasteiger partial charge is 0.369 e. The summed E-state index contributed by atoms with van der Waals surface area (Å²) in [6.45, 7) is 4.17. The van der Waals surface area contributed by atoms with E-state index in [0.29, 0.717) is 10.3 Å². The van der Waals surface area contributed by atoms with Gasteiger partial charge in [-0.15, -0.1) is 11.3 Å². The number of piperazine rings is 1. The van der Waals surface area contributed by atoms with E-state index in [1.54, 1.807) is 13.1 Å². The first-order chi connectivity index (χ1) is 15.4. The van der Waals surface area contributed by atoms with Crippen molar-refractivity contribution in [2.75, 3.05) is 50.9 Å². The molecule has 2 unspecified atom stereocenters. The number of fused-ring (bicyclic) bond motifs is 1. The molecular weight excluding hydrogens is 445 g/mol. The highest BCUT2D eigenvalue weighted by Gasteiger charge is 2.29. The Bertz CT molecular complexity index is 1200. The van der Waals surface area contributed by atoms with Crippen molar-refractivity contribution in [3.63, 3.8) is 0 Å². The first-order valence-electron chi connectivity index (χ1n) is 10.6. The van der Waals surface area contributed by atoms with Gasteiger partial charge in [-0.25, -0.2) is 13.6 Å². The lowest BCUT2D eigenvalue weighted by Crippen LogP contribution is -2.44. The molecule has 3 aromatic rings. The van der Waals surface area contributed by atoms with Crippen LogP contribution in [0.4, 0.5) is 10.1 Å². The van der Waals surface area contributed by atoms with Crippen molar-refractivity contribution in [1.82, 2.24) is 9.21 Å². The fourth-order valence-corrected chi connectivity index (χ4v) is 6.58. The van der Waals surface area contributed by atoms with Crippen molar-refractivity contribution in [2.45, 2.75) is 6.04 Å². The number of benzene rings is 2. The zero-order valence-electron chi connectivity index (χ0n) is 18.1. The first kappa shape index (κ1) is 21.4. The lowest BCUT2D eigenvalue weighted by atomic mass is 10.0. The lowest BCUT2D eigenvalue weighted by Gasteiger charge is -2.34. The molecule has 9 heteroatoms. The minimum absolute atomic E-state index is 0.177. The summed E-state index contributed by atoms with van der Waals surface area (Å²) in [5.74, 6) is 0.121. The minimum atomic E-state index is -1.31. The molecule has 0 saturated carbocycles. The second-order valence-corrected chi connectivity index (χ2v) is 10.9. The van der Waals surface area contributed by atoms with Crippen molar-refractivity contribution < 1.29 is 8.60 Å². The number of likely N-dealkylation sites (N-methyl/N-ethyl adjacent to an activating group) is 1. The van der Waals surface area contributed by atoms with Gasteiger partial charge in [-0.1, -0.05) is 30.3 Å². The number of guanidine groups is 1. The highest BCUT2D eigenvalue weighted by atomic mass is 32.2. The van der Waals surface area contributed by atoms with Crippen molar-refractivity contribution in [2.24, 2.45) is 10.7 Å². The van der Waals surface area contributed by atoms with Crippen molar-refractivity contribution in [3.05, 3.63) is 53.2 Å². The van der Waals surface area contributed by atoms with E-state index in [1.165, 1.54) is 21.3 Å². The lowest BCUT2D eigenvalue weighted by molar-refractivity contribution is 0.313. The molecule has 1 fully saturated rings. The number of nitrogens with zero attached hydrogens (tertiary/aromatic N) is 4. The third kappa shape index (κ3) is 3.78. The molecule has 168 valence electrons. The minimum Gasteiger partial charge on any atom is -0.369 e. The van der Waals surface area contributed by atoms with Gasteiger partial charge in [-0.3, -0.25) is 4.31 Å². The summed E-state index contributed by atoms with van der Waals surface area (Å²) in [7, 11) is 2.47. The number of aliphatic imine (C=N–C) groups is 1. The van der Waals surface area contributed by atoms with E-state index in [4.69, 9.17) is 5.73 Å². The molecule has 2 aliphatic rings. The summed E-state index contributed by atoms with van der Waals surface area (Å²) in [5, 5.41) is 0.573. The maximum Gasteiger partial charge on any atom is 0.203 e. The number of halogens is 1. The maximum absolute atomic E-state index is 15.4. The number of hydrogen-bond donors (Lipinski definition) is 1. The molecule has 2 N–H and O–H groups in total. The maximum atomic E-state index is 15.4. The molecule has 0 aliphatic carbocycles. The summed E-state index contributed by atoms with van der Waals surface area (Å²) in [4.78, 5) is 9.63. The summed E-state index contributed by atoms with van der Waals surface area (Å²) in [6, 6.07) is 13.7. The molecule has 32 heavy (non-hydrogen) atoms. The summed E-state index contributed by atoms with van der Waals surface area (Å²) < 4.78 is 30.0. The van der Waals surface area contributed by atoms with Crippen LogP contribution in [-0.2, 0) is 11.0 Å². The van der Waals surface area contributed by atoms with Crippen LogP contribution >= 0.6 is 11.3 Å². The van der Waals surface area contributed by atoms with Crippen LogP contribution in [0.1, 0.15) is 10.9 Å². The van der Waals surface area contributed by atoms with Gasteiger partial charge < -0.3 is 15.5 Å². The molecule has 1 aromatic heterocycles. The molecule has 0 spiro atoms. The van der Waals surface area contributed by atoms with Crippen LogP contribution in [0.15, 0.2) is 47.5 Å². The number of anilines is 1. The van der Waals surface area contributed by atoms with Crippen molar-refractivity contribution in [1.29, 1.82) is 0 Å². The predicted octanol–water partition coefficient (Wildman–Crippen LogP) is 3.42. The first-order valence-corrected chi connectivity index (χ1v) is 12.7. The van der Waals surface area contributed by atoms with Crippen LogP contribution in [0.3, 0.4) is 0 Å². The smallest absolute Gasteiger partial charge is 0.203 e. The quantitative estimate of drug-likeness (QED) is 0.636. The van der Waals surface area contributed by atoms with Crippen LogP contribution in [0.2, 0.25) is 0 Å². The number of nitrogens with two attached hydrogens (primary N) is 1. The Morgan fingerprint density at radius 2 is 1.81 bits per heavy atom. The van der Waals surface area contributed by atoms with E-state index in [0.717, 1.165) is 42.0 Å². The topological polar surface area (TPSA) is 65.2 Å². The molecule has 1 saturated heterocycles. The summed E-state index contributed by atoms with van der Waals surface area (Å²) >= 11 is 1.38. The van der Waals surface area contributed by atoms with Crippen molar-refractivity contribution in [3.8, 4) is 11.1 Å². The highest BCUT2D eigenvalue weighted by molar-refractivity contribution is 7.83. The molecule has 6 nitrogen and oxygen atoms in total. The van der Waals surface area contributed by atoms with Crippen LogP contribution < -0.4 is 10.6 Å². The third-order valence-electron chi connectivity index (χ3n) is 6.25. The van der Waals surface area contributed by atoms with E-state index in [1.807, 2.05) is 12.1 Å². The summed E-state index contributed by atoms with van der Waals surface area (Å²) in [5.41, 5.74) is 9.16. The number of hydrogen-bond acceptors (Lipinski definition) is 6. The van der Waals surface area contributed by atoms with Gasteiger partial charge >= 0.3 is 0 Å².